The topological polar surface area (TPSA) is 63.2 Å². The van der Waals surface area contributed by atoms with Gasteiger partial charge in [-0.3, -0.25) is 4.79 Å². The zero-order chi connectivity index (χ0) is 18.1. The predicted molar refractivity (Wildman–Crippen MR) is 86.5 cm³/mol. The Morgan fingerprint density at radius 3 is 2.33 bits per heavy atom. The van der Waals surface area contributed by atoms with Crippen molar-refractivity contribution in [3.63, 3.8) is 0 Å². The van der Waals surface area contributed by atoms with E-state index >= 15 is 0 Å². The maximum Gasteiger partial charge on any atom is 0.252 e. The van der Waals surface area contributed by atoms with Crippen molar-refractivity contribution in [1.82, 2.24) is 5.32 Å². The average Bonchev–Trinajstić information content (AvgIpc) is 2.49. The van der Waals surface area contributed by atoms with Crippen molar-refractivity contribution < 1.29 is 22.0 Å². The predicted octanol–water partition coefficient (Wildman–Crippen LogP) is 3.17. The summed E-state index contributed by atoms with van der Waals surface area (Å²) in [5, 5.41) is 2.66. The minimum Gasteiger partial charge on any atom is -0.346 e. The molecule has 0 aliphatic heterocycles. The molecule has 0 aliphatic rings. The number of carbonyl (C=O) groups is 1. The van der Waals surface area contributed by atoms with Crippen LogP contribution in [0.3, 0.4) is 0 Å². The molecule has 0 saturated carbocycles. The molecule has 0 fully saturated rings. The van der Waals surface area contributed by atoms with Crippen LogP contribution in [-0.2, 0) is 9.84 Å². The van der Waals surface area contributed by atoms with Gasteiger partial charge in [0.25, 0.3) is 5.91 Å². The van der Waals surface area contributed by atoms with Crippen molar-refractivity contribution in [2.45, 2.75) is 24.8 Å². The smallest absolute Gasteiger partial charge is 0.252 e. The molecule has 2 aromatic carbocycles. The molecule has 0 heterocycles. The second-order valence-corrected chi connectivity index (χ2v) is 7.63. The molecule has 0 saturated heterocycles. The summed E-state index contributed by atoms with van der Waals surface area (Å²) in [7, 11) is -3.44. The summed E-state index contributed by atoms with van der Waals surface area (Å²) in [6, 6.07) is 7.09. The van der Waals surface area contributed by atoms with Gasteiger partial charge in [0.1, 0.15) is 0 Å². The highest BCUT2D eigenvalue weighted by molar-refractivity contribution is 7.90. The molecule has 0 radical (unpaired) electrons. The molecule has 24 heavy (non-hydrogen) atoms. The summed E-state index contributed by atoms with van der Waals surface area (Å²) in [5.41, 5.74) is 1.23. The van der Waals surface area contributed by atoms with Gasteiger partial charge in [0.05, 0.1) is 10.9 Å². The van der Waals surface area contributed by atoms with E-state index in [1.165, 1.54) is 18.2 Å². The highest BCUT2D eigenvalue weighted by Crippen LogP contribution is 2.19. The molecule has 128 valence electrons. The van der Waals surface area contributed by atoms with E-state index in [1.807, 2.05) is 0 Å². The Balaban J connectivity index is 2.27. The van der Waals surface area contributed by atoms with Gasteiger partial charge >= 0.3 is 0 Å². The standard InChI is InChI=1S/C17H17F2NO3S/c1-10-4-6-13(24(3,22)23)9-14(10)17(21)20-11(2)12-5-7-15(18)16(19)8-12/h4-9,11H,1-3H3,(H,20,21). The molecule has 1 unspecified atom stereocenters. The number of rotatable bonds is 4. The normalized spacial score (nSPS) is 12.7. The Labute approximate surface area is 139 Å². The number of aryl methyl sites for hydroxylation is 1. The van der Waals surface area contributed by atoms with Crippen LogP contribution in [0.15, 0.2) is 41.3 Å². The molecule has 1 amide bonds. The van der Waals surface area contributed by atoms with Crippen molar-refractivity contribution in [2.75, 3.05) is 6.26 Å². The Kier molecular flexibility index (Phi) is 5.03. The third kappa shape index (κ3) is 3.97. The fraction of sp³-hybridized carbons (Fsp3) is 0.235. The van der Waals surface area contributed by atoms with E-state index < -0.39 is 33.4 Å². The van der Waals surface area contributed by atoms with Crippen LogP contribution in [0.1, 0.15) is 34.5 Å². The lowest BCUT2D eigenvalue weighted by molar-refractivity contribution is 0.0939. The molecule has 1 N–H and O–H groups in total. The van der Waals surface area contributed by atoms with Crippen molar-refractivity contribution in [1.29, 1.82) is 0 Å². The fourth-order valence-electron chi connectivity index (χ4n) is 2.22. The number of halogens is 2. The lowest BCUT2D eigenvalue weighted by Crippen LogP contribution is -2.27. The number of benzene rings is 2. The number of amides is 1. The molecule has 0 aromatic heterocycles. The first kappa shape index (κ1) is 18.1. The van der Waals surface area contributed by atoms with Gasteiger partial charge in [-0.1, -0.05) is 12.1 Å². The minimum absolute atomic E-state index is 0.0405. The molecule has 1 atom stereocenters. The lowest BCUT2D eigenvalue weighted by Gasteiger charge is -2.16. The second kappa shape index (κ2) is 6.68. The first-order valence-corrected chi connectivity index (χ1v) is 9.05. The Morgan fingerprint density at radius 1 is 1.08 bits per heavy atom. The van der Waals surface area contributed by atoms with Crippen LogP contribution in [0.5, 0.6) is 0 Å². The largest absolute Gasteiger partial charge is 0.346 e. The number of sulfone groups is 1. The molecule has 7 heteroatoms. The van der Waals surface area contributed by atoms with Gasteiger partial charge in [-0.15, -0.1) is 0 Å². The molecule has 4 nitrogen and oxygen atoms in total. The molecule has 2 aromatic rings. The first-order valence-electron chi connectivity index (χ1n) is 7.16. The highest BCUT2D eigenvalue weighted by Gasteiger charge is 2.17. The summed E-state index contributed by atoms with van der Waals surface area (Å²) in [6.45, 7) is 3.31. The zero-order valence-corrected chi connectivity index (χ0v) is 14.2. The summed E-state index contributed by atoms with van der Waals surface area (Å²) < 4.78 is 49.5. The van der Waals surface area contributed by atoms with Gasteiger partial charge in [0.2, 0.25) is 0 Å². The zero-order valence-electron chi connectivity index (χ0n) is 13.4. The maximum atomic E-state index is 13.3. The number of carbonyl (C=O) groups excluding carboxylic acids is 1. The van der Waals surface area contributed by atoms with Crippen LogP contribution in [0, 0.1) is 18.6 Å². The van der Waals surface area contributed by atoms with Crippen LogP contribution in [0.4, 0.5) is 8.78 Å². The second-order valence-electron chi connectivity index (χ2n) is 5.62. The number of hydrogen-bond acceptors (Lipinski definition) is 3. The van der Waals surface area contributed by atoms with E-state index in [-0.39, 0.29) is 10.5 Å². The van der Waals surface area contributed by atoms with E-state index in [0.717, 1.165) is 18.4 Å². The molecule has 0 spiro atoms. The van der Waals surface area contributed by atoms with Crippen molar-refractivity contribution in [3.8, 4) is 0 Å². The van der Waals surface area contributed by atoms with Gasteiger partial charge in [0.15, 0.2) is 21.5 Å². The summed E-state index contributed by atoms with van der Waals surface area (Å²) >= 11 is 0. The molecule has 0 aliphatic carbocycles. The number of hydrogen-bond donors (Lipinski definition) is 1. The van der Waals surface area contributed by atoms with Crippen molar-refractivity contribution in [3.05, 3.63) is 64.7 Å². The third-order valence-corrected chi connectivity index (χ3v) is 4.78. The third-order valence-electron chi connectivity index (χ3n) is 3.67. The van der Waals surface area contributed by atoms with E-state index in [9.17, 15) is 22.0 Å². The van der Waals surface area contributed by atoms with E-state index in [1.54, 1.807) is 19.9 Å². The molecule has 0 bridgehead atoms. The van der Waals surface area contributed by atoms with Gasteiger partial charge in [-0.25, -0.2) is 17.2 Å². The average molecular weight is 353 g/mol. The summed E-state index contributed by atoms with van der Waals surface area (Å²) in [6.07, 6.45) is 1.06. The quantitative estimate of drug-likeness (QED) is 0.918. The van der Waals surface area contributed by atoms with E-state index in [2.05, 4.69) is 5.32 Å². The van der Waals surface area contributed by atoms with Crippen molar-refractivity contribution >= 4 is 15.7 Å². The molecular formula is C17H17F2NO3S. The first-order chi connectivity index (χ1) is 11.1. The van der Waals surface area contributed by atoms with Crippen LogP contribution < -0.4 is 5.32 Å². The van der Waals surface area contributed by atoms with Gasteiger partial charge in [0, 0.05) is 11.8 Å². The highest BCUT2D eigenvalue weighted by atomic mass is 32.2. The van der Waals surface area contributed by atoms with E-state index in [4.69, 9.17) is 0 Å². The van der Waals surface area contributed by atoms with Gasteiger partial charge in [-0.2, -0.15) is 0 Å². The monoisotopic (exact) mass is 353 g/mol. The summed E-state index contributed by atoms with van der Waals surface area (Å²) in [5.74, 6) is -2.45. The summed E-state index contributed by atoms with van der Waals surface area (Å²) in [4.78, 5) is 12.4. The van der Waals surface area contributed by atoms with E-state index in [0.29, 0.717) is 11.1 Å². The lowest BCUT2D eigenvalue weighted by atomic mass is 10.1. The van der Waals surface area contributed by atoms with Crippen LogP contribution >= 0.6 is 0 Å². The van der Waals surface area contributed by atoms with Crippen LogP contribution in [0.25, 0.3) is 0 Å². The Bertz CT molecular complexity index is 895. The SMILES string of the molecule is Cc1ccc(S(C)(=O)=O)cc1C(=O)NC(C)c1ccc(F)c(F)c1. The Morgan fingerprint density at radius 2 is 1.75 bits per heavy atom. The maximum absolute atomic E-state index is 13.3. The van der Waals surface area contributed by atoms with Crippen molar-refractivity contribution in [2.24, 2.45) is 0 Å². The fourth-order valence-corrected chi connectivity index (χ4v) is 2.86. The molecular weight excluding hydrogens is 336 g/mol. The number of nitrogens with one attached hydrogen (secondary N) is 1. The van der Waals surface area contributed by atoms with Gasteiger partial charge < -0.3 is 5.32 Å². The van der Waals surface area contributed by atoms with Crippen LogP contribution in [0.2, 0.25) is 0 Å². The van der Waals surface area contributed by atoms with Gasteiger partial charge in [-0.05, 0) is 49.2 Å². The Hall–Kier alpha value is -2.28. The molecule has 2 rings (SSSR count). The van der Waals surface area contributed by atoms with Crippen LogP contribution in [-0.4, -0.2) is 20.6 Å². The minimum atomic E-state index is -3.44.